The predicted molar refractivity (Wildman–Crippen MR) is 86.7 cm³/mol. The molecule has 112 valence electrons. The molecule has 0 aliphatic rings. The van der Waals surface area contributed by atoms with Gasteiger partial charge in [-0.15, -0.1) is 0 Å². The second kappa shape index (κ2) is 7.79. The summed E-state index contributed by atoms with van der Waals surface area (Å²) < 4.78 is 5.53. The van der Waals surface area contributed by atoms with Crippen LogP contribution in [0.3, 0.4) is 0 Å². The number of rotatable bonds is 7. The Morgan fingerprint density at radius 1 is 1.14 bits per heavy atom. The smallest absolute Gasteiger partial charge is 0.124 e. The molecule has 2 rings (SSSR count). The molecule has 21 heavy (non-hydrogen) atoms. The molecule has 1 heterocycles. The maximum Gasteiger partial charge on any atom is 0.124 e. The Kier molecular flexibility index (Phi) is 5.76. The SMILES string of the molecule is CCCNC(c1ccccc1OC)c1ncccc1CC. The summed E-state index contributed by atoms with van der Waals surface area (Å²) in [6.45, 7) is 5.29. The Hall–Kier alpha value is -1.87. The lowest BCUT2D eigenvalue weighted by Gasteiger charge is -2.22. The topological polar surface area (TPSA) is 34.1 Å². The quantitative estimate of drug-likeness (QED) is 0.841. The highest BCUT2D eigenvalue weighted by molar-refractivity contribution is 5.41. The van der Waals surface area contributed by atoms with Crippen molar-refractivity contribution in [1.29, 1.82) is 0 Å². The molecule has 0 saturated heterocycles. The van der Waals surface area contributed by atoms with Gasteiger partial charge in [0.25, 0.3) is 0 Å². The molecule has 0 amide bonds. The highest BCUT2D eigenvalue weighted by atomic mass is 16.5. The number of ether oxygens (including phenoxy) is 1. The van der Waals surface area contributed by atoms with Gasteiger partial charge in [0.1, 0.15) is 5.75 Å². The number of hydrogen-bond acceptors (Lipinski definition) is 3. The van der Waals surface area contributed by atoms with E-state index in [0.29, 0.717) is 0 Å². The number of aryl methyl sites for hydroxylation is 1. The summed E-state index contributed by atoms with van der Waals surface area (Å²) in [7, 11) is 1.72. The van der Waals surface area contributed by atoms with Crippen molar-refractivity contribution in [2.75, 3.05) is 13.7 Å². The van der Waals surface area contributed by atoms with Crippen molar-refractivity contribution in [2.45, 2.75) is 32.7 Å². The number of pyridine rings is 1. The Balaban J connectivity index is 2.47. The summed E-state index contributed by atoms with van der Waals surface area (Å²) in [5.41, 5.74) is 3.51. The molecule has 1 aromatic heterocycles. The summed E-state index contributed by atoms with van der Waals surface area (Å²) in [4.78, 5) is 4.64. The first-order valence-electron chi connectivity index (χ1n) is 7.61. The van der Waals surface area contributed by atoms with Crippen molar-refractivity contribution >= 4 is 0 Å². The van der Waals surface area contributed by atoms with Crippen LogP contribution in [0.25, 0.3) is 0 Å². The molecule has 0 fully saturated rings. The molecule has 1 aromatic carbocycles. The third kappa shape index (κ3) is 3.61. The Bertz CT molecular complexity index is 521. The fourth-order valence-corrected chi connectivity index (χ4v) is 2.56. The average molecular weight is 284 g/mol. The zero-order valence-electron chi connectivity index (χ0n) is 13.1. The van der Waals surface area contributed by atoms with Crippen molar-refractivity contribution in [3.05, 3.63) is 59.4 Å². The van der Waals surface area contributed by atoms with Crippen LogP contribution in [0.5, 0.6) is 5.75 Å². The van der Waals surface area contributed by atoms with E-state index in [-0.39, 0.29) is 6.04 Å². The fraction of sp³-hybridized carbons (Fsp3) is 0.389. The minimum atomic E-state index is 0.0669. The average Bonchev–Trinajstić information content (AvgIpc) is 2.56. The van der Waals surface area contributed by atoms with Crippen LogP contribution < -0.4 is 10.1 Å². The third-order valence-corrected chi connectivity index (χ3v) is 3.63. The molecular formula is C18H24N2O. The molecular weight excluding hydrogens is 260 g/mol. The molecule has 1 atom stereocenters. The van der Waals surface area contributed by atoms with Gasteiger partial charge in [0.2, 0.25) is 0 Å². The Morgan fingerprint density at radius 2 is 1.95 bits per heavy atom. The minimum Gasteiger partial charge on any atom is -0.496 e. The van der Waals surface area contributed by atoms with Crippen LogP contribution in [0.4, 0.5) is 0 Å². The van der Waals surface area contributed by atoms with Gasteiger partial charge in [-0.2, -0.15) is 0 Å². The normalized spacial score (nSPS) is 12.1. The van der Waals surface area contributed by atoms with Gasteiger partial charge in [-0.3, -0.25) is 4.98 Å². The molecule has 0 aliphatic heterocycles. The second-order valence-electron chi connectivity index (χ2n) is 5.03. The van der Waals surface area contributed by atoms with E-state index in [0.717, 1.165) is 36.4 Å². The molecule has 2 aromatic rings. The first kappa shape index (κ1) is 15.5. The van der Waals surface area contributed by atoms with Crippen LogP contribution in [0.15, 0.2) is 42.6 Å². The highest BCUT2D eigenvalue weighted by Crippen LogP contribution is 2.30. The summed E-state index contributed by atoms with van der Waals surface area (Å²) in [5, 5.41) is 3.61. The molecule has 0 bridgehead atoms. The van der Waals surface area contributed by atoms with Crippen LogP contribution in [0.1, 0.15) is 43.1 Å². The number of para-hydroxylation sites is 1. The zero-order chi connectivity index (χ0) is 15.1. The van der Waals surface area contributed by atoms with Gasteiger partial charge >= 0.3 is 0 Å². The number of nitrogens with zero attached hydrogens (tertiary/aromatic N) is 1. The summed E-state index contributed by atoms with van der Waals surface area (Å²) in [6, 6.07) is 12.4. The number of benzene rings is 1. The maximum atomic E-state index is 5.53. The summed E-state index contributed by atoms with van der Waals surface area (Å²) in [6.07, 6.45) is 3.92. The monoisotopic (exact) mass is 284 g/mol. The van der Waals surface area contributed by atoms with E-state index in [1.807, 2.05) is 30.5 Å². The van der Waals surface area contributed by atoms with Crippen LogP contribution in [0, 0.1) is 0 Å². The standard InChI is InChI=1S/C18H24N2O/c1-4-12-19-18(15-10-6-7-11-16(15)21-3)17-14(5-2)9-8-13-20-17/h6-11,13,18-19H,4-5,12H2,1-3H3. The van der Waals surface area contributed by atoms with Crippen molar-refractivity contribution in [3.63, 3.8) is 0 Å². The van der Waals surface area contributed by atoms with E-state index in [2.05, 4.69) is 36.3 Å². The maximum absolute atomic E-state index is 5.53. The molecule has 1 unspecified atom stereocenters. The molecule has 0 spiro atoms. The van der Waals surface area contributed by atoms with E-state index in [4.69, 9.17) is 4.74 Å². The molecule has 0 aliphatic carbocycles. The highest BCUT2D eigenvalue weighted by Gasteiger charge is 2.20. The third-order valence-electron chi connectivity index (χ3n) is 3.63. The van der Waals surface area contributed by atoms with E-state index >= 15 is 0 Å². The van der Waals surface area contributed by atoms with Crippen LogP contribution in [0.2, 0.25) is 0 Å². The van der Waals surface area contributed by atoms with Gasteiger partial charge in [0.15, 0.2) is 0 Å². The van der Waals surface area contributed by atoms with Crippen LogP contribution >= 0.6 is 0 Å². The van der Waals surface area contributed by atoms with Gasteiger partial charge in [0, 0.05) is 11.8 Å². The van der Waals surface area contributed by atoms with Gasteiger partial charge < -0.3 is 10.1 Å². The Morgan fingerprint density at radius 3 is 2.67 bits per heavy atom. The number of hydrogen-bond donors (Lipinski definition) is 1. The van der Waals surface area contributed by atoms with E-state index in [1.165, 1.54) is 5.56 Å². The number of nitrogens with one attached hydrogen (secondary N) is 1. The van der Waals surface area contributed by atoms with Crippen molar-refractivity contribution in [1.82, 2.24) is 10.3 Å². The van der Waals surface area contributed by atoms with E-state index < -0.39 is 0 Å². The Labute approximate surface area is 127 Å². The lowest BCUT2D eigenvalue weighted by Crippen LogP contribution is -2.25. The lowest BCUT2D eigenvalue weighted by atomic mass is 9.97. The predicted octanol–water partition coefficient (Wildman–Crippen LogP) is 3.74. The minimum absolute atomic E-state index is 0.0669. The van der Waals surface area contributed by atoms with E-state index in [1.54, 1.807) is 7.11 Å². The first-order chi connectivity index (χ1) is 10.3. The van der Waals surface area contributed by atoms with Crippen molar-refractivity contribution in [2.24, 2.45) is 0 Å². The molecule has 3 heteroatoms. The van der Waals surface area contributed by atoms with E-state index in [9.17, 15) is 0 Å². The van der Waals surface area contributed by atoms with Gasteiger partial charge in [-0.05, 0) is 37.1 Å². The lowest BCUT2D eigenvalue weighted by molar-refractivity contribution is 0.403. The van der Waals surface area contributed by atoms with Crippen molar-refractivity contribution in [3.8, 4) is 5.75 Å². The second-order valence-corrected chi connectivity index (χ2v) is 5.03. The molecule has 0 radical (unpaired) electrons. The summed E-state index contributed by atoms with van der Waals surface area (Å²) >= 11 is 0. The molecule has 0 saturated carbocycles. The number of aromatic nitrogens is 1. The van der Waals surface area contributed by atoms with Crippen molar-refractivity contribution < 1.29 is 4.74 Å². The molecule has 3 nitrogen and oxygen atoms in total. The van der Waals surface area contributed by atoms with Gasteiger partial charge in [-0.25, -0.2) is 0 Å². The summed E-state index contributed by atoms with van der Waals surface area (Å²) in [5.74, 6) is 0.902. The van der Waals surface area contributed by atoms with Gasteiger partial charge in [-0.1, -0.05) is 38.1 Å². The van der Waals surface area contributed by atoms with Crippen LogP contribution in [-0.4, -0.2) is 18.6 Å². The zero-order valence-corrected chi connectivity index (χ0v) is 13.1. The molecule has 1 N–H and O–H groups in total. The first-order valence-corrected chi connectivity index (χ1v) is 7.61. The van der Waals surface area contributed by atoms with Crippen LogP contribution in [-0.2, 0) is 6.42 Å². The number of methoxy groups -OCH3 is 1. The fourth-order valence-electron chi connectivity index (χ4n) is 2.56. The largest absolute Gasteiger partial charge is 0.496 e. The van der Waals surface area contributed by atoms with Gasteiger partial charge in [0.05, 0.1) is 18.8 Å².